The second-order valence-electron chi connectivity index (χ2n) is 4.67. The van der Waals surface area contributed by atoms with E-state index in [0.717, 1.165) is 5.01 Å². The molecule has 0 radical (unpaired) electrons. The summed E-state index contributed by atoms with van der Waals surface area (Å²) in [6.07, 6.45) is -4.73. The van der Waals surface area contributed by atoms with Crippen LogP contribution >= 0.6 is 0 Å². The fraction of sp³-hybridized carbons (Fsp3) is 0.308. The minimum Gasteiger partial charge on any atom is -0.508 e. The first-order valence-electron chi connectivity index (χ1n) is 6.35. The van der Waals surface area contributed by atoms with Gasteiger partial charge in [0.25, 0.3) is 0 Å². The molecule has 118 valence electrons. The molecule has 1 heterocycles. The Morgan fingerprint density at radius 2 is 2.05 bits per heavy atom. The Kier molecular flexibility index (Phi) is 3.82. The third kappa shape index (κ3) is 2.74. The third-order valence-corrected chi connectivity index (χ3v) is 3.07. The molecule has 1 aliphatic rings. The number of aryl methyl sites for hydroxylation is 1. The number of hydrazone groups is 1. The second kappa shape index (κ2) is 5.32. The van der Waals surface area contributed by atoms with Crippen LogP contribution in [0.25, 0.3) is 0 Å². The quantitative estimate of drug-likeness (QED) is 0.732. The molecule has 1 aromatic carbocycles. The van der Waals surface area contributed by atoms with Crippen molar-refractivity contribution in [3.05, 3.63) is 17.7 Å². The van der Waals surface area contributed by atoms with Crippen LogP contribution < -0.4 is 5.73 Å². The first kappa shape index (κ1) is 15.8. The third-order valence-electron chi connectivity index (χ3n) is 3.07. The number of aliphatic imine (C=N–C) groups is 1. The number of nitrogen functional groups attached to an aromatic ring is 1. The largest absolute Gasteiger partial charge is 0.508 e. The van der Waals surface area contributed by atoms with E-state index in [1.807, 2.05) is 0 Å². The number of benzene rings is 1. The number of nitrogens with zero attached hydrogens (tertiary/aromatic N) is 3. The summed E-state index contributed by atoms with van der Waals surface area (Å²) in [5.74, 6) is -0.525. The van der Waals surface area contributed by atoms with Gasteiger partial charge in [-0.15, -0.1) is 0 Å². The van der Waals surface area contributed by atoms with E-state index in [1.54, 1.807) is 13.8 Å². The van der Waals surface area contributed by atoms with Crippen LogP contribution in [0.3, 0.4) is 0 Å². The van der Waals surface area contributed by atoms with Crippen LogP contribution in [-0.2, 0) is 0 Å². The lowest BCUT2D eigenvalue weighted by atomic mass is 10.1. The molecule has 22 heavy (non-hydrogen) atoms. The number of aromatic hydroxyl groups is 1. The van der Waals surface area contributed by atoms with Gasteiger partial charge in [0.15, 0.2) is 11.5 Å². The predicted molar refractivity (Wildman–Crippen MR) is 77.9 cm³/mol. The molecule has 0 aromatic heterocycles. The fourth-order valence-corrected chi connectivity index (χ4v) is 1.89. The van der Waals surface area contributed by atoms with E-state index in [-0.39, 0.29) is 23.7 Å². The van der Waals surface area contributed by atoms with Gasteiger partial charge in [-0.05, 0) is 25.5 Å². The molecule has 0 fully saturated rings. The smallest absolute Gasteiger partial charge is 0.437 e. The summed E-state index contributed by atoms with van der Waals surface area (Å²) >= 11 is 0. The molecule has 0 saturated heterocycles. The highest BCUT2D eigenvalue weighted by atomic mass is 19.4. The van der Waals surface area contributed by atoms with Gasteiger partial charge in [-0.3, -0.25) is 5.41 Å². The van der Waals surface area contributed by atoms with E-state index < -0.39 is 23.4 Å². The number of hydrogen-bond donors (Lipinski definition) is 3. The maximum Gasteiger partial charge on any atom is 0.437 e. The van der Waals surface area contributed by atoms with Crippen molar-refractivity contribution in [3.63, 3.8) is 0 Å². The summed E-state index contributed by atoms with van der Waals surface area (Å²) in [4.78, 5) is 3.85. The molecule has 1 aliphatic heterocycles. The van der Waals surface area contributed by atoms with Crippen LogP contribution in [0, 0.1) is 12.3 Å². The number of alkyl halides is 3. The summed E-state index contributed by atoms with van der Waals surface area (Å²) in [5, 5.41) is 21.6. The molecule has 0 aliphatic carbocycles. The molecule has 0 spiro atoms. The molecule has 9 heteroatoms. The Morgan fingerprint density at radius 1 is 1.41 bits per heavy atom. The Morgan fingerprint density at radius 3 is 2.59 bits per heavy atom. The first-order chi connectivity index (χ1) is 10.1. The zero-order valence-electron chi connectivity index (χ0n) is 11.9. The first-order valence-corrected chi connectivity index (χ1v) is 6.35. The van der Waals surface area contributed by atoms with Crippen molar-refractivity contribution >= 4 is 28.6 Å². The highest BCUT2D eigenvalue weighted by Gasteiger charge is 2.46. The van der Waals surface area contributed by atoms with E-state index in [2.05, 4.69) is 10.1 Å². The molecule has 4 N–H and O–H groups in total. The molecule has 0 bridgehead atoms. The Balaban J connectivity index is 2.56. The minimum atomic E-state index is -4.73. The van der Waals surface area contributed by atoms with Gasteiger partial charge in [0.05, 0.1) is 11.4 Å². The lowest BCUT2D eigenvalue weighted by molar-refractivity contribution is -0.0570. The van der Waals surface area contributed by atoms with Gasteiger partial charge in [0.2, 0.25) is 0 Å². The number of rotatable bonds is 2. The Labute approximate surface area is 124 Å². The molecule has 0 saturated carbocycles. The van der Waals surface area contributed by atoms with Crippen molar-refractivity contribution in [2.45, 2.75) is 20.0 Å². The van der Waals surface area contributed by atoms with Crippen molar-refractivity contribution in [2.24, 2.45) is 10.1 Å². The maximum absolute atomic E-state index is 13.0. The zero-order chi connectivity index (χ0) is 16.7. The highest BCUT2D eigenvalue weighted by molar-refractivity contribution is 6.70. The van der Waals surface area contributed by atoms with E-state index in [1.165, 1.54) is 12.1 Å². The van der Waals surface area contributed by atoms with Crippen LogP contribution in [0.4, 0.5) is 24.5 Å². The molecule has 1 aromatic rings. The van der Waals surface area contributed by atoms with Gasteiger partial charge >= 0.3 is 6.18 Å². The number of anilines is 1. The number of nitrogens with two attached hydrogens (primary N) is 1. The predicted octanol–water partition coefficient (Wildman–Crippen LogP) is 2.59. The highest BCUT2D eigenvalue weighted by Crippen LogP contribution is 2.32. The molecule has 0 atom stereocenters. The standard InChI is InChI=1S/C13H14F3N5O/c1-3-21-12(18)10(11(20-21)13(14,15)16)19-8-4-6(2)9(22)5-7(8)17/h4-5,18,22H,3,17H2,1-2H3. The molecule has 0 unspecified atom stereocenters. The van der Waals surface area contributed by atoms with Gasteiger partial charge in [-0.25, -0.2) is 10.0 Å². The van der Waals surface area contributed by atoms with Crippen LogP contribution in [0.5, 0.6) is 5.75 Å². The van der Waals surface area contributed by atoms with E-state index in [4.69, 9.17) is 11.1 Å². The van der Waals surface area contributed by atoms with Crippen molar-refractivity contribution in [2.75, 3.05) is 12.3 Å². The van der Waals surface area contributed by atoms with Gasteiger partial charge in [-0.1, -0.05) is 0 Å². The minimum absolute atomic E-state index is 0.0138. The summed E-state index contributed by atoms with van der Waals surface area (Å²) in [5.41, 5.74) is 4.31. The number of nitrogens with one attached hydrogen (secondary N) is 1. The van der Waals surface area contributed by atoms with E-state index >= 15 is 0 Å². The number of phenolic OH excluding ortho intramolecular Hbond substituents is 1. The van der Waals surface area contributed by atoms with Crippen molar-refractivity contribution in [1.29, 1.82) is 5.41 Å². The van der Waals surface area contributed by atoms with Crippen LogP contribution in [-0.4, -0.2) is 40.1 Å². The summed E-state index contributed by atoms with van der Waals surface area (Å²) in [7, 11) is 0. The van der Waals surface area contributed by atoms with Crippen LogP contribution in [0.1, 0.15) is 12.5 Å². The van der Waals surface area contributed by atoms with Crippen LogP contribution in [0.15, 0.2) is 22.2 Å². The monoisotopic (exact) mass is 313 g/mol. The molecule has 0 amide bonds. The second-order valence-corrected chi connectivity index (χ2v) is 4.67. The molecule has 2 rings (SSSR count). The van der Waals surface area contributed by atoms with Gasteiger partial charge in [-0.2, -0.15) is 18.3 Å². The van der Waals surface area contributed by atoms with Gasteiger partial charge in [0.1, 0.15) is 11.5 Å². The Hall–Kier alpha value is -2.58. The van der Waals surface area contributed by atoms with E-state index in [9.17, 15) is 18.3 Å². The number of hydrogen-bond acceptors (Lipinski definition) is 5. The topological polar surface area (TPSA) is 98.1 Å². The molecular weight excluding hydrogens is 299 g/mol. The average Bonchev–Trinajstić information content (AvgIpc) is 2.73. The Bertz CT molecular complexity index is 694. The number of halogens is 3. The van der Waals surface area contributed by atoms with Crippen molar-refractivity contribution < 1.29 is 18.3 Å². The van der Waals surface area contributed by atoms with Crippen molar-refractivity contribution in [1.82, 2.24) is 5.01 Å². The molecule has 6 nitrogen and oxygen atoms in total. The maximum atomic E-state index is 13.0. The van der Waals surface area contributed by atoms with Gasteiger partial charge < -0.3 is 10.8 Å². The summed E-state index contributed by atoms with van der Waals surface area (Å²) in [6, 6.07) is 2.56. The van der Waals surface area contributed by atoms with E-state index in [0.29, 0.717) is 5.56 Å². The fourth-order valence-electron chi connectivity index (χ4n) is 1.89. The number of phenols is 1. The lowest BCUT2D eigenvalue weighted by Crippen LogP contribution is -2.33. The molecular formula is C13H14F3N5O. The van der Waals surface area contributed by atoms with Crippen molar-refractivity contribution in [3.8, 4) is 5.75 Å². The van der Waals surface area contributed by atoms with Gasteiger partial charge in [0, 0.05) is 12.6 Å². The normalized spacial score (nSPS) is 17.3. The number of amidine groups is 1. The SMILES string of the molecule is CCN1N=C(C(F)(F)F)C(=Nc2cc(C)c(O)cc2N)C1=N. The average molecular weight is 313 g/mol. The van der Waals surface area contributed by atoms with Crippen LogP contribution in [0.2, 0.25) is 0 Å². The zero-order valence-corrected chi connectivity index (χ0v) is 11.9. The summed E-state index contributed by atoms with van der Waals surface area (Å²) < 4.78 is 39.1. The lowest BCUT2D eigenvalue weighted by Gasteiger charge is -2.10. The summed E-state index contributed by atoms with van der Waals surface area (Å²) in [6.45, 7) is 3.26.